The highest BCUT2D eigenvalue weighted by Gasteiger charge is 2.18. The molecular weight excluding hydrogens is 283 g/mol. The van der Waals surface area contributed by atoms with Crippen molar-refractivity contribution < 1.29 is 18.6 Å². The number of hydrogen-bond acceptors (Lipinski definition) is 3. The Morgan fingerprint density at radius 2 is 1.41 bits per heavy atom. The zero-order chi connectivity index (χ0) is 16.1. The van der Waals surface area contributed by atoms with Crippen LogP contribution in [0.1, 0.15) is 31.1 Å². The van der Waals surface area contributed by atoms with Crippen LogP contribution in [-0.2, 0) is 4.74 Å². The Bertz CT molecular complexity index is 608. The van der Waals surface area contributed by atoms with E-state index in [4.69, 9.17) is 14.2 Å². The summed E-state index contributed by atoms with van der Waals surface area (Å²) >= 11 is 0. The molecule has 0 saturated heterocycles. The fraction of sp³-hybridized carbons (Fsp3) is 0.333. The van der Waals surface area contributed by atoms with E-state index in [2.05, 4.69) is 0 Å². The van der Waals surface area contributed by atoms with Gasteiger partial charge in [0, 0.05) is 0 Å². The van der Waals surface area contributed by atoms with E-state index in [-0.39, 0.29) is 18.0 Å². The van der Waals surface area contributed by atoms with Crippen LogP contribution >= 0.6 is 0 Å². The van der Waals surface area contributed by atoms with Crippen molar-refractivity contribution >= 4 is 0 Å². The lowest BCUT2D eigenvalue weighted by molar-refractivity contribution is 0.0302. The van der Waals surface area contributed by atoms with Crippen molar-refractivity contribution in [2.75, 3.05) is 14.2 Å². The third kappa shape index (κ3) is 3.77. The maximum atomic E-state index is 13.2. The molecule has 3 nitrogen and oxygen atoms in total. The molecular formula is C18H21FO3. The van der Waals surface area contributed by atoms with E-state index >= 15 is 0 Å². The Kier molecular flexibility index (Phi) is 5.39. The smallest absolute Gasteiger partial charge is 0.161 e. The largest absolute Gasteiger partial charge is 0.493 e. The number of benzene rings is 2. The summed E-state index contributed by atoms with van der Waals surface area (Å²) in [4.78, 5) is 0. The van der Waals surface area contributed by atoms with Crippen LogP contribution in [0.15, 0.2) is 42.5 Å². The Morgan fingerprint density at radius 3 is 1.95 bits per heavy atom. The normalized spacial score (nSPS) is 12.3. The SMILES string of the molecule is COc1ccc(C(OC(C)C)c2ccc(F)cc2)cc1OC. The first-order valence-electron chi connectivity index (χ1n) is 7.18. The summed E-state index contributed by atoms with van der Waals surface area (Å²) in [7, 11) is 3.19. The van der Waals surface area contributed by atoms with Gasteiger partial charge in [-0.3, -0.25) is 0 Å². The quantitative estimate of drug-likeness (QED) is 0.793. The summed E-state index contributed by atoms with van der Waals surface area (Å²) in [6.07, 6.45) is -0.261. The van der Waals surface area contributed by atoms with Crippen LogP contribution in [-0.4, -0.2) is 20.3 Å². The van der Waals surface area contributed by atoms with E-state index in [1.165, 1.54) is 12.1 Å². The zero-order valence-corrected chi connectivity index (χ0v) is 13.3. The highest BCUT2D eigenvalue weighted by Crippen LogP contribution is 2.34. The van der Waals surface area contributed by atoms with E-state index in [9.17, 15) is 4.39 Å². The summed E-state index contributed by atoms with van der Waals surface area (Å²) in [6, 6.07) is 12.0. The number of ether oxygens (including phenoxy) is 3. The molecule has 0 aromatic heterocycles. The fourth-order valence-corrected chi connectivity index (χ4v) is 2.28. The lowest BCUT2D eigenvalue weighted by Gasteiger charge is -2.22. The number of methoxy groups -OCH3 is 2. The van der Waals surface area contributed by atoms with Gasteiger partial charge in [-0.1, -0.05) is 18.2 Å². The molecule has 0 heterocycles. The average molecular weight is 304 g/mol. The van der Waals surface area contributed by atoms with Gasteiger partial charge in [-0.15, -0.1) is 0 Å². The maximum Gasteiger partial charge on any atom is 0.161 e. The number of hydrogen-bond donors (Lipinski definition) is 0. The lowest BCUT2D eigenvalue weighted by atomic mass is 10.0. The summed E-state index contributed by atoms with van der Waals surface area (Å²) in [5, 5.41) is 0. The molecule has 0 bridgehead atoms. The van der Waals surface area contributed by atoms with Crippen molar-refractivity contribution in [1.29, 1.82) is 0 Å². The van der Waals surface area contributed by atoms with Gasteiger partial charge < -0.3 is 14.2 Å². The summed E-state index contributed by atoms with van der Waals surface area (Å²) in [5.41, 5.74) is 1.82. The van der Waals surface area contributed by atoms with Gasteiger partial charge in [0.25, 0.3) is 0 Å². The maximum absolute atomic E-state index is 13.2. The molecule has 2 rings (SSSR count). The van der Waals surface area contributed by atoms with E-state index in [1.54, 1.807) is 26.4 Å². The molecule has 0 aliphatic rings. The topological polar surface area (TPSA) is 27.7 Å². The van der Waals surface area contributed by atoms with E-state index in [0.29, 0.717) is 11.5 Å². The van der Waals surface area contributed by atoms with Crippen molar-refractivity contribution in [2.24, 2.45) is 0 Å². The second-order valence-electron chi connectivity index (χ2n) is 5.23. The van der Waals surface area contributed by atoms with Crippen molar-refractivity contribution in [2.45, 2.75) is 26.1 Å². The van der Waals surface area contributed by atoms with Gasteiger partial charge in [0.05, 0.1) is 20.3 Å². The first-order chi connectivity index (χ1) is 10.5. The Labute approximate surface area is 130 Å². The molecule has 0 spiro atoms. The second-order valence-corrected chi connectivity index (χ2v) is 5.23. The first kappa shape index (κ1) is 16.3. The molecule has 1 unspecified atom stereocenters. The van der Waals surface area contributed by atoms with Crippen molar-refractivity contribution in [1.82, 2.24) is 0 Å². The van der Waals surface area contributed by atoms with Crippen LogP contribution in [0, 0.1) is 5.82 Å². The van der Waals surface area contributed by atoms with Crippen molar-refractivity contribution in [3.63, 3.8) is 0 Å². The third-order valence-electron chi connectivity index (χ3n) is 3.29. The molecule has 4 heteroatoms. The fourth-order valence-electron chi connectivity index (χ4n) is 2.28. The minimum Gasteiger partial charge on any atom is -0.493 e. The van der Waals surface area contributed by atoms with E-state index in [1.807, 2.05) is 32.0 Å². The third-order valence-corrected chi connectivity index (χ3v) is 3.29. The first-order valence-corrected chi connectivity index (χ1v) is 7.18. The Hall–Kier alpha value is -2.07. The summed E-state index contributed by atoms with van der Waals surface area (Å²) in [6.45, 7) is 3.94. The predicted molar refractivity (Wildman–Crippen MR) is 84.0 cm³/mol. The van der Waals surface area contributed by atoms with Gasteiger partial charge in [0.2, 0.25) is 0 Å². The Morgan fingerprint density at radius 1 is 0.818 bits per heavy atom. The summed E-state index contributed by atoms with van der Waals surface area (Å²) < 4.78 is 29.8. The van der Waals surface area contributed by atoms with Gasteiger partial charge in [-0.05, 0) is 49.2 Å². The minimum absolute atomic E-state index is 0.0307. The van der Waals surface area contributed by atoms with Crippen LogP contribution in [0.5, 0.6) is 11.5 Å². The molecule has 0 amide bonds. The molecule has 0 aliphatic heterocycles. The highest BCUT2D eigenvalue weighted by molar-refractivity contribution is 5.45. The van der Waals surface area contributed by atoms with Crippen LogP contribution in [0.2, 0.25) is 0 Å². The van der Waals surface area contributed by atoms with Crippen LogP contribution in [0.4, 0.5) is 4.39 Å². The zero-order valence-electron chi connectivity index (χ0n) is 13.3. The number of halogens is 1. The highest BCUT2D eigenvalue weighted by atomic mass is 19.1. The van der Waals surface area contributed by atoms with Crippen LogP contribution in [0.3, 0.4) is 0 Å². The molecule has 0 saturated carbocycles. The lowest BCUT2D eigenvalue weighted by Crippen LogP contribution is -2.12. The molecule has 2 aromatic rings. The van der Waals surface area contributed by atoms with E-state index in [0.717, 1.165) is 11.1 Å². The molecule has 0 fully saturated rings. The molecule has 2 aromatic carbocycles. The van der Waals surface area contributed by atoms with E-state index < -0.39 is 0 Å². The monoisotopic (exact) mass is 304 g/mol. The van der Waals surface area contributed by atoms with Gasteiger partial charge >= 0.3 is 0 Å². The van der Waals surface area contributed by atoms with Gasteiger partial charge in [-0.2, -0.15) is 0 Å². The second kappa shape index (κ2) is 7.27. The summed E-state index contributed by atoms with van der Waals surface area (Å²) in [5.74, 6) is 1.03. The molecule has 118 valence electrons. The molecule has 0 aliphatic carbocycles. The standard InChI is InChI=1S/C18H21FO3/c1-12(2)22-18(13-5-8-15(19)9-6-13)14-7-10-16(20-3)17(11-14)21-4/h5-12,18H,1-4H3. The van der Waals surface area contributed by atoms with Gasteiger partial charge in [-0.25, -0.2) is 4.39 Å². The Balaban J connectivity index is 2.42. The molecule has 1 atom stereocenters. The van der Waals surface area contributed by atoms with Gasteiger partial charge in [0.1, 0.15) is 11.9 Å². The number of rotatable bonds is 6. The van der Waals surface area contributed by atoms with Crippen LogP contribution in [0.25, 0.3) is 0 Å². The van der Waals surface area contributed by atoms with Crippen molar-refractivity contribution in [3.05, 3.63) is 59.4 Å². The molecule has 0 N–H and O–H groups in total. The molecule has 0 radical (unpaired) electrons. The van der Waals surface area contributed by atoms with Gasteiger partial charge in [0.15, 0.2) is 11.5 Å². The average Bonchev–Trinajstić information content (AvgIpc) is 2.52. The minimum atomic E-state index is -0.291. The molecule has 22 heavy (non-hydrogen) atoms. The van der Waals surface area contributed by atoms with Crippen molar-refractivity contribution in [3.8, 4) is 11.5 Å². The predicted octanol–water partition coefficient (Wildman–Crippen LogP) is 4.36. The van der Waals surface area contributed by atoms with Crippen LogP contribution < -0.4 is 9.47 Å².